The van der Waals surface area contributed by atoms with Gasteiger partial charge in [0.25, 0.3) is 0 Å². The zero-order valence-electron chi connectivity index (χ0n) is 10.4. The number of nitrogens with zero attached hydrogens (tertiary/aromatic N) is 1. The van der Waals surface area contributed by atoms with Crippen LogP contribution in [0.15, 0.2) is 6.07 Å². The molecule has 1 aromatic carbocycles. The molecule has 2 rings (SSSR count). The van der Waals surface area contributed by atoms with E-state index in [1.807, 2.05) is 13.8 Å². The summed E-state index contributed by atoms with van der Waals surface area (Å²) in [6, 6.07) is 1.66. The summed E-state index contributed by atoms with van der Waals surface area (Å²) in [5.74, 6) is 0.551. The first-order valence-corrected chi connectivity index (χ1v) is 5.90. The van der Waals surface area contributed by atoms with Gasteiger partial charge >= 0.3 is 0 Å². The van der Waals surface area contributed by atoms with Crippen LogP contribution in [0.2, 0.25) is 0 Å². The van der Waals surface area contributed by atoms with E-state index < -0.39 is 0 Å². The maximum Gasteiger partial charge on any atom is 0.123 e. The highest BCUT2D eigenvalue weighted by Gasteiger charge is 2.16. The Morgan fingerprint density at radius 1 is 1.18 bits per heavy atom. The third-order valence-corrected chi connectivity index (χ3v) is 3.41. The van der Waals surface area contributed by atoms with Crippen molar-refractivity contribution in [2.45, 2.75) is 20.4 Å². The molecule has 0 spiro atoms. The van der Waals surface area contributed by atoms with Crippen LogP contribution >= 0.6 is 0 Å². The van der Waals surface area contributed by atoms with Gasteiger partial charge in [-0.1, -0.05) is 0 Å². The molecular formula is C13H19NO3. The first-order chi connectivity index (χ1) is 8.09. The van der Waals surface area contributed by atoms with Gasteiger partial charge in [0, 0.05) is 25.2 Å². The fraction of sp³-hybridized carbons (Fsp3) is 0.538. The lowest BCUT2D eigenvalue weighted by Gasteiger charge is -2.27. The van der Waals surface area contributed by atoms with Gasteiger partial charge in [-0.05, 0) is 31.0 Å². The van der Waals surface area contributed by atoms with E-state index in [-0.39, 0.29) is 5.75 Å². The third-order valence-electron chi connectivity index (χ3n) is 3.41. The zero-order chi connectivity index (χ0) is 12.4. The van der Waals surface area contributed by atoms with Crippen molar-refractivity contribution in [3.05, 3.63) is 22.8 Å². The Morgan fingerprint density at radius 2 is 1.82 bits per heavy atom. The number of ether oxygens (including phenoxy) is 1. The van der Waals surface area contributed by atoms with Crippen molar-refractivity contribution in [2.24, 2.45) is 0 Å². The molecule has 1 heterocycles. The van der Waals surface area contributed by atoms with E-state index in [1.165, 1.54) is 0 Å². The van der Waals surface area contributed by atoms with Gasteiger partial charge in [-0.15, -0.1) is 0 Å². The second-order valence-corrected chi connectivity index (χ2v) is 4.54. The number of rotatable bonds is 2. The van der Waals surface area contributed by atoms with Crippen LogP contribution in [-0.4, -0.2) is 41.4 Å². The largest absolute Gasteiger partial charge is 0.508 e. The summed E-state index contributed by atoms with van der Waals surface area (Å²) < 4.78 is 5.28. The minimum atomic E-state index is 0.253. The van der Waals surface area contributed by atoms with E-state index in [0.717, 1.165) is 43.0 Å². The lowest BCUT2D eigenvalue weighted by Crippen LogP contribution is -2.35. The van der Waals surface area contributed by atoms with Crippen LogP contribution < -0.4 is 0 Å². The lowest BCUT2D eigenvalue weighted by atomic mass is 10.0. The number of hydrogen-bond donors (Lipinski definition) is 2. The SMILES string of the molecule is Cc1c(O)cc(CN2CCOCC2)c(O)c1C. The summed E-state index contributed by atoms with van der Waals surface area (Å²) in [5, 5.41) is 19.8. The molecule has 0 aromatic heterocycles. The average molecular weight is 237 g/mol. The monoisotopic (exact) mass is 237 g/mol. The van der Waals surface area contributed by atoms with Crippen molar-refractivity contribution in [1.82, 2.24) is 4.90 Å². The second-order valence-electron chi connectivity index (χ2n) is 4.54. The lowest BCUT2D eigenvalue weighted by molar-refractivity contribution is 0.0338. The normalized spacial score (nSPS) is 17.3. The fourth-order valence-electron chi connectivity index (χ4n) is 2.07. The van der Waals surface area contributed by atoms with Crippen molar-refractivity contribution >= 4 is 0 Å². The molecule has 0 saturated carbocycles. The van der Waals surface area contributed by atoms with E-state index in [1.54, 1.807) is 6.07 Å². The Bertz CT molecular complexity index is 412. The first kappa shape index (κ1) is 12.2. The Balaban J connectivity index is 2.20. The molecule has 0 radical (unpaired) electrons. The van der Waals surface area contributed by atoms with Crippen LogP contribution in [0.5, 0.6) is 11.5 Å². The van der Waals surface area contributed by atoms with Crippen molar-refractivity contribution < 1.29 is 14.9 Å². The Morgan fingerprint density at radius 3 is 2.47 bits per heavy atom. The summed E-state index contributed by atoms with van der Waals surface area (Å²) >= 11 is 0. The number of morpholine rings is 1. The van der Waals surface area contributed by atoms with Gasteiger partial charge in [-0.3, -0.25) is 4.90 Å². The second kappa shape index (κ2) is 4.94. The highest BCUT2D eigenvalue weighted by Crippen LogP contribution is 2.32. The van der Waals surface area contributed by atoms with Gasteiger partial charge < -0.3 is 14.9 Å². The van der Waals surface area contributed by atoms with Crippen molar-refractivity contribution in [3.63, 3.8) is 0 Å². The van der Waals surface area contributed by atoms with E-state index in [0.29, 0.717) is 12.3 Å². The summed E-state index contributed by atoms with van der Waals surface area (Å²) in [4.78, 5) is 2.22. The number of phenols is 2. The van der Waals surface area contributed by atoms with E-state index >= 15 is 0 Å². The smallest absolute Gasteiger partial charge is 0.123 e. The van der Waals surface area contributed by atoms with Gasteiger partial charge in [0.2, 0.25) is 0 Å². The van der Waals surface area contributed by atoms with Crippen LogP contribution in [0, 0.1) is 13.8 Å². The fourth-order valence-corrected chi connectivity index (χ4v) is 2.07. The summed E-state index contributed by atoms with van der Waals surface area (Å²) in [5.41, 5.74) is 2.29. The third kappa shape index (κ3) is 2.53. The van der Waals surface area contributed by atoms with Crippen molar-refractivity contribution in [2.75, 3.05) is 26.3 Å². The molecular weight excluding hydrogens is 218 g/mol. The van der Waals surface area contributed by atoms with Crippen molar-refractivity contribution in [1.29, 1.82) is 0 Å². The minimum absolute atomic E-state index is 0.253. The first-order valence-electron chi connectivity index (χ1n) is 5.90. The minimum Gasteiger partial charge on any atom is -0.508 e. The van der Waals surface area contributed by atoms with Crippen LogP contribution in [0.3, 0.4) is 0 Å². The van der Waals surface area contributed by atoms with Crippen LogP contribution in [0.4, 0.5) is 0 Å². The van der Waals surface area contributed by atoms with E-state index in [2.05, 4.69) is 4.90 Å². The van der Waals surface area contributed by atoms with Gasteiger partial charge in [-0.25, -0.2) is 0 Å². The van der Waals surface area contributed by atoms with Crippen LogP contribution in [0.25, 0.3) is 0 Å². The highest BCUT2D eigenvalue weighted by atomic mass is 16.5. The molecule has 1 fully saturated rings. The maximum atomic E-state index is 10.1. The van der Waals surface area contributed by atoms with Gasteiger partial charge in [0.15, 0.2) is 0 Å². The number of hydrogen-bond acceptors (Lipinski definition) is 4. The molecule has 2 N–H and O–H groups in total. The van der Waals surface area contributed by atoms with Gasteiger partial charge in [0.05, 0.1) is 13.2 Å². The number of benzene rings is 1. The zero-order valence-corrected chi connectivity index (χ0v) is 10.4. The molecule has 0 atom stereocenters. The molecule has 0 aliphatic carbocycles. The van der Waals surface area contributed by atoms with Crippen LogP contribution in [0.1, 0.15) is 16.7 Å². The highest BCUT2D eigenvalue weighted by molar-refractivity contribution is 5.51. The van der Waals surface area contributed by atoms with E-state index in [9.17, 15) is 10.2 Å². The van der Waals surface area contributed by atoms with E-state index in [4.69, 9.17) is 4.74 Å². The Hall–Kier alpha value is -1.26. The average Bonchev–Trinajstić information content (AvgIpc) is 2.35. The summed E-state index contributed by atoms with van der Waals surface area (Å²) in [7, 11) is 0. The molecule has 1 aliphatic heterocycles. The molecule has 4 heteroatoms. The summed E-state index contributed by atoms with van der Waals surface area (Å²) in [6.07, 6.45) is 0. The molecule has 0 unspecified atom stereocenters. The molecule has 0 bridgehead atoms. The molecule has 17 heavy (non-hydrogen) atoms. The summed E-state index contributed by atoms with van der Waals surface area (Å²) in [6.45, 7) is 7.50. The number of phenolic OH excluding ortho intramolecular Hbond substituents is 2. The maximum absolute atomic E-state index is 10.1. The molecule has 1 aromatic rings. The standard InChI is InChI=1S/C13H19NO3/c1-9-10(2)13(16)11(7-12(9)15)8-14-3-5-17-6-4-14/h7,15-16H,3-6,8H2,1-2H3. The Labute approximate surface area is 101 Å². The molecule has 0 amide bonds. The number of aromatic hydroxyl groups is 2. The predicted octanol–water partition coefficient (Wildman–Crippen LogP) is 1.55. The quantitative estimate of drug-likeness (QED) is 0.766. The van der Waals surface area contributed by atoms with Gasteiger partial charge in [0.1, 0.15) is 11.5 Å². The van der Waals surface area contributed by atoms with Crippen LogP contribution in [-0.2, 0) is 11.3 Å². The van der Waals surface area contributed by atoms with Crippen molar-refractivity contribution in [3.8, 4) is 11.5 Å². The molecule has 1 aliphatic rings. The molecule has 1 saturated heterocycles. The predicted molar refractivity (Wildman–Crippen MR) is 65.3 cm³/mol. The molecule has 94 valence electrons. The Kier molecular flexibility index (Phi) is 3.54. The topological polar surface area (TPSA) is 52.9 Å². The van der Waals surface area contributed by atoms with Gasteiger partial charge in [-0.2, -0.15) is 0 Å². The molecule has 4 nitrogen and oxygen atoms in total.